The van der Waals surface area contributed by atoms with E-state index in [1.54, 1.807) is 0 Å². The van der Waals surface area contributed by atoms with Gasteiger partial charge in [0, 0.05) is 6.54 Å². The number of nitrogens with one attached hydrogen (secondary N) is 1. The van der Waals surface area contributed by atoms with Crippen molar-refractivity contribution in [1.29, 1.82) is 0 Å². The number of amides is 1. The summed E-state index contributed by atoms with van der Waals surface area (Å²) in [5, 5.41) is 12.2. The lowest BCUT2D eigenvalue weighted by Gasteiger charge is -2.24. The first kappa shape index (κ1) is 17.4. The highest BCUT2D eigenvalue weighted by Crippen LogP contribution is 2.24. The molecule has 0 radical (unpaired) electrons. The molecule has 0 rings (SSSR count). The Morgan fingerprint density at radius 1 is 1.11 bits per heavy atom. The van der Waals surface area contributed by atoms with Crippen LogP contribution in [0.2, 0.25) is 0 Å². The van der Waals surface area contributed by atoms with Crippen molar-refractivity contribution < 1.29 is 9.90 Å². The van der Waals surface area contributed by atoms with Gasteiger partial charge in [0.25, 0.3) is 0 Å². The molecule has 0 bridgehead atoms. The van der Waals surface area contributed by atoms with Crippen LogP contribution in [0, 0.1) is 16.7 Å². The van der Waals surface area contributed by atoms with Gasteiger partial charge < -0.3 is 10.4 Å². The summed E-state index contributed by atoms with van der Waals surface area (Å²) in [5.74, 6) is -0.291. The minimum absolute atomic E-state index is 0.0127. The smallest absolute Gasteiger partial charge is 0.225 e. The molecule has 0 saturated carbocycles. The molecule has 0 aliphatic heterocycles. The van der Waals surface area contributed by atoms with E-state index < -0.39 is 0 Å². The molecule has 0 aliphatic carbocycles. The highest BCUT2D eigenvalue weighted by molar-refractivity contribution is 5.78. The van der Waals surface area contributed by atoms with Crippen LogP contribution in [0.1, 0.15) is 60.8 Å². The number of aliphatic hydroxyl groups excluding tert-OH is 1. The largest absolute Gasteiger partial charge is 0.396 e. The number of rotatable bonds is 6. The van der Waals surface area contributed by atoms with Gasteiger partial charge in [-0.1, -0.05) is 41.5 Å². The van der Waals surface area contributed by atoms with Crippen LogP contribution in [-0.2, 0) is 4.79 Å². The molecule has 1 atom stereocenters. The Hall–Kier alpha value is -0.570. The molecule has 3 nitrogen and oxygen atoms in total. The topological polar surface area (TPSA) is 49.3 Å². The maximum absolute atomic E-state index is 11.9. The van der Waals surface area contributed by atoms with Gasteiger partial charge in [-0.05, 0) is 30.1 Å². The van der Waals surface area contributed by atoms with E-state index in [1.165, 1.54) is 0 Å². The quantitative estimate of drug-likeness (QED) is 0.719. The van der Waals surface area contributed by atoms with Crippen molar-refractivity contribution in [1.82, 2.24) is 5.32 Å². The van der Waals surface area contributed by atoms with Crippen LogP contribution in [0.5, 0.6) is 0 Å². The number of carbonyl (C=O) groups excluding carboxylic acids is 1. The molecular weight excluding hydrogens is 226 g/mol. The first-order valence-corrected chi connectivity index (χ1v) is 6.94. The van der Waals surface area contributed by atoms with E-state index in [-0.39, 0.29) is 23.8 Å². The number of hydrogen-bond donors (Lipinski definition) is 2. The molecule has 0 fully saturated rings. The predicted molar refractivity (Wildman–Crippen MR) is 76.3 cm³/mol. The first-order chi connectivity index (χ1) is 8.05. The second-order valence-electron chi connectivity index (χ2n) is 7.60. The summed E-state index contributed by atoms with van der Waals surface area (Å²) in [6.07, 6.45) is 2.80. The van der Waals surface area contributed by atoms with E-state index in [9.17, 15) is 9.90 Å². The fraction of sp³-hybridized carbons (Fsp3) is 0.933. The summed E-state index contributed by atoms with van der Waals surface area (Å²) < 4.78 is 0. The van der Waals surface area contributed by atoms with Gasteiger partial charge in [0.2, 0.25) is 5.91 Å². The summed E-state index contributed by atoms with van der Waals surface area (Å²) in [5.41, 5.74) is 0.378. The Kier molecular flexibility index (Phi) is 6.90. The minimum atomic E-state index is -0.278. The number of hydrogen-bond acceptors (Lipinski definition) is 2. The third kappa shape index (κ3) is 9.46. The van der Waals surface area contributed by atoms with Gasteiger partial charge in [0.15, 0.2) is 0 Å². The molecule has 18 heavy (non-hydrogen) atoms. The molecule has 0 saturated heterocycles. The molecule has 1 amide bonds. The lowest BCUT2D eigenvalue weighted by Crippen LogP contribution is -2.35. The van der Waals surface area contributed by atoms with Crippen LogP contribution in [0.25, 0.3) is 0 Å². The first-order valence-electron chi connectivity index (χ1n) is 6.94. The van der Waals surface area contributed by atoms with Crippen molar-refractivity contribution in [2.24, 2.45) is 16.7 Å². The SMILES string of the molecule is CC(C)(C)CCCNC(=O)[C@H](CO)CC(C)(C)C. The van der Waals surface area contributed by atoms with Gasteiger partial charge in [0.05, 0.1) is 12.5 Å². The molecule has 0 aliphatic rings. The van der Waals surface area contributed by atoms with Gasteiger partial charge in [-0.2, -0.15) is 0 Å². The number of carbonyl (C=O) groups is 1. The second-order valence-corrected chi connectivity index (χ2v) is 7.60. The molecule has 0 unspecified atom stereocenters. The molecule has 0 heterocycles. The summed E-state index contributed by atoms with van der Waals surface area (Å²) >= 11 is 0. The van der Waals surface area contributed by atoms with Crippen molar-refractivity contribution in [3.05, 3.63) is 0 Å². The van der Waals surface area contributed by atoms with E-state index in [4.69, 9.17) is 0 Å². The monoisotopic (exact) mass is 257 g/mol. The van der Waals surface area contributed by atoms with Gasteiger partial charge in [-0.25, -0.2) is 0 Å². The Morgan fingerprint density at radius 2 is 1.67 bits per heavy atom. The lowest BCUT2D eigenvalue weighted by atomic mass is 9.84. The maximum atomic E-state index is 11.9. The van der Waals surface area contributed by atoms with Gasteiger partial charge in [0.1, 0.15) is 0 Å². The normalized spacial score (nSPS) is 14.4. The lowest BCUT2D eigenvalue weighted by molar-refractivity contribution is -0.127. The van der Waals surface area contributed by atoms with Crippen LogP contribution >= 0.6 is 0 Å². The molecular formula is C15H31NO2. The number of aliphatic hydroxyl groups is 1. The average Bonchev–Trinajstić information content (AvgIpc) is 2.18. The predicted octanol–water partition coefficient (Wildman–Crippen LogP) is 2.97. The van der Waals surface area contributed by atoms with Crippen LogP contribution in [0.15, 0.2) is 0 Å². The van der Waals surface area contributed by atoms with Crippen LogP contribution in [0.4, 0.5) is 0 Å². The molecule has 108 valence electrons. The van der Waals surface area contributed by atoms with Crippen molar-refractivity contribution in [2.75, 3.05) is 13.2 Å². The fourth-order valence-corrected chi connectivity index (χ4v) is 1.95. The zero-order valence-corrected chi connectivity index (χ0v) is 13.0. The summed E-state index contributed by atoms with van der Waals surface area (Å²) in [6, 6.07) is 0. The minimum Gasteiger partial charge on any atom is -0.396 e. The van der Waals surface area contributed by atoms with Gasteiger partial charge >= 0.3 is 0 Å². The van der Waals surface area contributed by atoms with Crippen molar-refractivity contribution in [3.8, 4) is 0 Å². The van der Waals surface area contributed by atoms with E-state index in [0.29, 0.717) is 18.4 Å². The summed E-state index contributed by atoms with van der Waals surface area (Å²) in [4.78, 5) is 11.9. The zero-order valence-electron chi connectivity index (χ0n) is 13.0. The molecule has 0 spiro atoms. The third-order valence-electron chi connectivity index (χ3n) is 2.85. The van der Waals surface area contributed by atoms with Crippen LogP contribution < -0.4 is 5.32 Å². The molecule has 3 heteroatoms. The van der Waals surface area contributed by atoms with Crippen molar-refractivity contribution in [3.63, 3.8) is 0 Å². The molecule has 0 aromatic heterocycles. The van der Waals surface area contributed by atoms with E-state index in [0.717, 1.165) is 12.8 Å². The fourth-order valence-electron chi connectivity index (χ4n) is 1.95. The van der Waals surface area contributed by atoms with Gasteiger partial charge in [-0.15, -0.1) is 0 Å². The Morgan fingerprint density at radius 3 is 2.06 bits per heavy atom. The van der Waals surface area contributed by atoms with E-state index in [1.807, 2.05) is 0 Å². The zero-order chi connectivity index (χ0) is 14.4. The molecule has 0 aromatic rings. The average molecular weight is 257 g/mol. The Labute approximate surface area is 112 Å². The molecule has 2 N–H and O–H groups in total. The summed E-state index contributed by atoms with van der Waals surface area (Å²) in [7, 11) is 0. The molecule has 0 aromatic carbocycles. The van der Waals surface area contributed by atoms with E-state index in [2.05, 4.69) is 46.9 Å². The highest BCUT2D eigenvalue weighted by Gasteiger charge is 2.24. The van der Waals surface area contributed by atoms with Crippen LogP contribution in [0.3, 0.4) is 0 Å². The van der Waals surface area contributed by atoms with Crippen molar-refractivity contribution in [2.45, 2.75) is 60.8 Å². The van der Waals surface area contributed by atoms with Crippen molar-refractivity contribution >= 4 is 5.91 Å². The summed E-state index contributed by atoms with van der Waals surface area (Å²) in [6.45, 7) is 13.5. The second kappa shape index (κ2) is 7.13. The van der Waals surface area contributed by atoms with Crippen LogP contribution in [-0.4, -0.2) is 24.2 Å². The maximum Gasteiger partial charge on any atom is 0.225 e. The Bertz CT molecular complexity index is 248. The standard InChI is InChI=1S/C15H31NO2/c1-14(2,3)8-7-9-16-13(18)12(11-17)10-15(4,5)6/h12,17H,7-11H2,1-6H3,(H,16,18)/t12-/m0/s1. The third-order valence-corrected chi connectivity index (χ3v) is 2.85. The van der Waals surface area contributed by atoms with Gasteiger partial charge in [-0.3, -0.25) is 4.79 Å². The highest BCUT2D eigenvalue weighted by atomic mass is 16.3. The van der Waals surface area contributed by atoms with E-state index >= 15 is 0 Å². The Balaban J connectivity index is 3.99.